The molecule has 9 heteroatoms. The lowest BCUT2D eigenvalue weighted by atomic mass is 10.0. The van der Waals surface area contributed by atoms with Crippen molar-refractivity contribution in [2.75, 3.05) is 31.1 Å². The normalized spacial score (nSPS) is 19.9. The molecule has 0 saturated carbocycles. The second-order valence-electron chi connectivity index (χ2n) is 9.20. The van der Waals surface area contributed by atoms with Crippen LogP contribution < -0.4 is 9.64 Å². The average molecular weight is 494 g/mol. The molecule has 0 amide bonds. The molecular weight excluding hydrogens is 466 g/mol. The summed E-state index contributed by atoms with van der Waals surface area (Å²) in [5, 5.41) is 17.1. The number of ether oxygens (including phenoxy) is 1. The highest BCUT2D eigenvalue weighted by molar-refractivity contribution is 6.31. The van der Waals surface area contributed by atoms with Crippen molar-refractivity contribution in [1.82, 2.24) is 19.7 Å². The molecular formula is C26H28ClN5O3. The van der Waals surface area contributed by atoms with Crippen LogP contribution in [0.15, 0.2) is 52.9 Å². The minimum absolute atomic E-state index is 0.136. The first-order chi connectivity index (χ1) is 17.1. The van der Waals surface area contributed by atoms with E-state index in [2.05, 4.69) is 21.7 Å². The molecule has 4 aromatic rings. The summed E-state index contributed by atoms with van der Waals surface area (Å²) >= 11 is 6.12. The van der Waals surface area contributed by atoms with Gasteiger partial charge in [-0.05, 0) is 37.1 Å². The Morgan fingerprint density at radius 3 is 2.80 bits per heavy atom. The van der Waals surface area contributed by atoms with Gasteiger partial charge in [0, 0.05) is 43.7 Å². The molecule has 0 radical (unpaired) electrons. The Bertz CT molecular complexity index is 1340. The third-order valence-corrected chi connectivity index (χ3v) is 7.16. The Morgan fingerprint density at radius 2 is 1.94 bits per heavy atom. The van der Waals surface area contributed by atoms with Gasteiger partial charge in [0.15, 0.2) is 11.8 Å². The van der Waals surface area contributed by atoms with Crippen molar-refractivity contribution in [3.8, 4) is 17.0 Å². The van der Waals surface area contributed by atoms with Crippen LogP contribution in [0, 0.1) is 0 Å². The fraction of sp³-hybridized carbons (Fsp3) is 0.385. The fourth-order valence-corrected chi connectivity index (χ4v) is 5.18. The van der Waals surface area contributed by atoms with Gasteiger partial charge in [-0.15, -0.1) is 0 Å². The monoisotopic (exact) mass is 493 g/mol. The zero-order valence-electron chi connectivity index (χ0n) is 19.6. The van der Waals surface area contributed by atoms with Crippen LogP contribution in [0.2, 0.25) is 5.02 Å². The molecule has 1 saturated heterocycles. The van der Waals surface area contributed by atoms with Crippen LogP contribution in [-0.2, 0) is 6.54 Å². The Morgan fingerprint density at radius 1 is 1.09 bits per heavy atom. The number of hydrogen-bond donors (Lipinski definition) is 1. The van der Waals surface area contributed by atoms with Crippen LogP contribution >= 0.6 is 11.6 Å². The van der Waals surface area contributed by atoms with Gasteiger partial charge in [-0.1, -0.05) is 41.9 Å². The van der Waals surface area contributed by atoms with Crippen molar-refractivity contribution in [1.29, 1.82) is 0 Å². The first-order valence-corrected chi connectivity index (χ1v) is 12.5. The summed E-state index contributed by atoms with van der Waals surface area (Å²) in [5.74, 6) is 0.741. The van der Waals surface area contributed by atoms with E-state index in [1.807, 2.05) is 47.1 Å². The van der Waals surface area contributed by atoms with E-state index in [4.69, 9.17) is 25.9 Å². The van der Waals surface area contributed by atoms with Gasteiger partial charge < -0.3 is 19.2 Å². The molecule has 0 spiro atoms. The second-order valence-corrected chi connectivity index (χ2v) is 9.64. The fourth-order valence-electron chi connectivity index (χ4n) is 5.01. The molecule has 4 heterocycles. The third kappa shape index (κ3) is 4.16. The lowest BCUT2D eigenvalue weighted by molar-refractivity contribution is -0.0218. The lowest BCUT2D eigenvalue weighted by Gasteiger charge is -2.31. The molecule has 1 N–H and O–H groups in total. The van der Waals surface area contributed by atoms with E-state index in [1.165, 1.54) is 0 Å². The summed E-state index contributed by atoms with van der Waals surface area (Å²) in [6.45, 7) is 5.68. The van der Waals surface area contributed by atoms with Crippen molar-refractivity contribution in [2.45, 2.75) is 38.6 Å². The summed E-state index contributed by atoms with van der Waals surface area (Å²) in [7, 11) is 0. The number of halogens is 1. The highest BCUT2D eigenvalue weighted by Gasteiger charge is 2.34. The molecule has 8 nitrogen and oxygen atoms in total. The standard InChI is InChI=1S/C26H28ClN5O3/c1-17-10-12-30(26-28-20-16-19(27)8-9-21(20)35-26)13-14-31(17)24(33)23-22(18-6-3-2-4-7-18)25-32(29-23)11-5-15-34-25/h2-4,6-9,16-17,24,33H,5,10-15H2,1H3/t17-,24?/m1/s1. The summed E-state index contributed by atoms with van der Waals surface area (Å²) in [6.07, 6.45) is 0.897. The number of rotatable bonds is 4. The molecule has 6 rings (SSSR count). The number of oxazole rings is 1. The van der Waals surface area contributed by atoms with E-state index in [9.17, 15) is 5.11 Å². The molecule has 2 aromatic heterocycles. The second kappa shape index (κ2) is 9.18. The summed E-state index contributed by atoms with van der Waals surface area (Å²) < 4.78 is 13.9. The van der Waals surface area contributed by atoms with E-state index in [0.717, 1.165) is 54.0 Å². The molecule has 1 unspecified atom stereocenters. The first kappa shape index (κ1) is 22.4. The molecule has 2 aliphatic rings. The van der Waals surface area contributed by atoms with E-state index in [-0.39, 0.29) is 6.04 Å². The van der Waals surface area contributed by atoms with E-state index >= 15 is 0 Å². The quantitative estimate of drug-likeness (QED) is 0.440. The van der Waals surface area contributed by atoms with Gasteiger partial charge in [0.2, 0.25) is 5.88 Å². The number of aliphatic hydroxyl groups excluding tert-OH is 1. The van der Waals surface area contributed by atoms with Crippen LogP contribution in [-0.4, -0.2) is 57.1 Å². The van der Waals surface area contributed by atoms with Gasteiger partial charge in [0.25, 0.3) is 6.01 Å². The zero-order valence-corrected chi connectivity index (χ0v) is 20.4. The zero-order chi connectivity index (χ0) is 23.9. The maximum Gasteiger partial charge on any atom is 0.298 e. The lowest BCUT2D eigenvalue weighted by Crippen LogP contribution is -2.38. The van der Waals surface area contributed by atoms with Crippen molar-refractivity contribution in [3.05, 3.63) is 59.2 Å². The topological polar surface area (TPSA) is 79.8 Å². The number of benzene rings is 2. The predicted octanol–water partition coefficient (Wildman–Crippen LogP) is 4.72. The molecule has 35 heavy (non-hydrogen) atoms. The van der Waals surface area contributed by atoms with Crippen LogP contribution in [0.1, 0.15) is 31.7 Å². The van der Waals surface area contributed by atoms with Gasteiger partial charge in [-0.3, -0.25) is 4.90 Å². The van der Waals surface area contributed by atoms with Crippen molar-refractivity contribution in [3.63, 3.8) is 0 Å². The molecule has 1 fully saturated rings. The highest BCUT2D eigenvalue weighted by Crippen LogP contribution is 2.40. The maximum absolute atomic E-state index is 11.7. The van der Waals surface area contributed by atoms with Gasteiger partial charge in [0.1, 0.15) is 11.2 Å². The summed E-state index contributed by atoms with van der Waals surface area (Å²) in [6, 6.07) is 16.3. The van der Waals surface area contributed by atoms with Crippen LogP contribution in [0.4, 0.5) is 6.01 Å². The Kier molecular flexibility index (Phi) is 5.88. The Labute approximate surface area is 208 Å². The number of aliphatic hydroxyl groups is 1. The van der Waals surface area contributed by atoms with Gasteiger partial charge in [0.05, 0.1) is 12.2 Å². The summed E-state index contributed by atoms with van der Waals surface area (Å²) in [4.78, 5) is 8.90. The third-order valence-electron chi connectivity index (χ3n) is 6.93. The van der Waals surface area contributed by atoms with Crippen LogP contribution in [0.25, 0.3) is 22.2 Å². The number of fused-ring (bicyclic) bond motifs is 2. The number of anilines is 1. The molecule has 2 aliphatic heterocycles. The Balaban J connectivity index is 1.29. The van der Waals surface area contributed by atoms with E-state index in [0.29, 0.717) is 36.4 Å². The SMILES string of the molecule is C[C@@H]1CCN(c2nc3cc(Cl)ccc3o2)CCN1C(O)c1nn2c(c1-c1ccccc1)OCCC2. The maximum atomic E-state index is 11.7. The highest BCUT2D eigenvalue weighted by atomic mass is 35.5. The number of aromatic nitrogens is 3. The van der Waals surface area contributed by atoms with Crippen molar-refractivity contribution < 1.29 is 14.3 Å². The molecule has 0 aliphatic carbocycles. The average Bonchev–Trinajstić information content (AvgIpc) is 3.41. The van der Waals surface area contributed by atoms with Crippen molar-refractivity contribution >= 4 is 28.7 Å². The van der Waals surface area contributed by atoms with Gasteiger partial charge in [-0.25, -0.2) is 4.68 Å². The molecule has 2 aromatic carbocycles. The molecule has 2 atom stereocenters. The summed E-state index contributed by atoms with van der Waals surface area (Å²) in [5.41, 5.74) is 3.98. The molecule has 0 bridgehead atoms. The largest absolute Gasteiger partial charge is 0.477 e. The van der Waals surface area contributed by atoms with E-state index in [1.54, 1.807) is 6.07 Å². The molecule has 182 valence electrons. The van der Waals surface area contributed by atoms with E-state index < -0.39 is 6.23 Å². The number of aryl methyl sites for hydroxylation is 1. The minimum Gasteiger partial charge on any atom is -0.477 e. The Hall–Kier alpha value is -3.07. The van der Waals surface area contributed by atoms with Gasteiger partial charge >= 0.3 is 0 Å². The van der Waals surface area contributed by atoms with Crippen LogP contribution in [0.5, 0.6) is 5.88 Å². The van der Waals surface area contributed by atoms with Crippen molar-refractivity contribution in [2.24, 2.45) is 0 Å². The first-order valence-electron chi connectivity index (χ1n) is 12.1. The van der Waals surface area contributed by atoms with Crippen LogP contribution in [0.3, 0.4) is 0 Å². The smallest absolute Gasteiger partial charge is 0.298 e. The number of nitrogens with zero attached hydrogens (tertiary/aromatic N) is 5. The predicted molar refractivity (Wildman–Crippen MR) is 135 cm³/mol. The number of hydrogen-bond acceptors (Lipinski definition) is 7. The van der Waals surface area contributed by atoms with Gasteiger partial charge in [-0.2, -0.15) is 10.1 Å². The minimum atomic E-state index is -0.857.